The molecule has 28 heavy (non-hydrogen) atoms. The molecule has 0 aliphatic carbocycles. The number of alkyl halides is 3. The summed E-state index contributed by atoms with van der Waals surface area (Å²) in [5.74, 6) is -0.139. The van der Waals surface area contributed by atoms with Gasteiger partial charge in [-0.2, -0.15) is 22.5 Å². The summed E-state index contributed by atoms with van der Waals surface area (Å²) in [5.41, 5.74) is 0.612. The smallest absolute Gasteiger partial charge is 0.433 e. The minimum atomic E-state index is -4.60. The van der Waals surface area contributed by atoms with Crippen molar-refractivity contribution in [1.29, 1.82) is 0 Å². The van der Waals surface area contributed by atoms with Crippen molar-refractivity contribution in [3.05, 3.63) is 53.3 Å². The number of hydrogen-bond donors (Lipinski definition) is 0. The number of rotatable bonds is 5. The van der Waals surface area contributed by atoms with Crippen LogP contribution in [0, 0.1) is 6.92 Å². The molecule has 1 aliphatic rings. The Labute approximate surface area is 161 Å². The van der Waals surface area contributed by atoms with Gasteiger partial charge in [-0.05, 0) is 31.4 Å². The van der Waals surface area contributed by atoms with Crippen molar-refractivity contribution < 1.29 is 26.3 Å². The van der Waals surface area contributed by atoms with Crippen molar-refractivity contribution in [2.45, 2.75) is 37.8 Å². The molecule has 1 atom stereocenters. The summed E-state index contributed by atoms with van der Waals surface area (Å²) in [6.45, 7) is 2.31. The third kappa shape index (κ3) is 5.20. The molecule has 2 aromatic rings. The molecule has 2 heterocycles. The first-order valence-corrected chi connectivity index (χ1v) is 10.3. The first kappa shape index (κ1) is 20.5. The third-order valence-corrected chi connectivity index (χ3v) is 6.22. The van der Waals surface area contributed by atoms with E-state index in [1.54, 1.807) is 12.1 Å². The zero-order valence-corrected chi connectivity index (χ0v) is 16.0. The molecule has 0 radical (unpaired) electrons. The maximum absolute atomic E-state index is 12.8. The molecule has 0 N–H and O–H groups in total. The Balaban J connectivity index is 1.67. The number of aryl methyl sites for hydroxylation is 1. The highest BCUT2D eigenvalue weighted by molar-refractivity contribution is 7.88. The Hall–Kier alpha value is -2.20. The van der Waals surface area contributed by atoms with Crippen LogP contribution in [0.15, 0.2) is 36.5 Å². The highest BCUT2D eigenvalue weighted by Gasteiger charge is 2.34. The summed E-state index contributed by atoms with van der Waals surface area (Å²) < 4.78 is 70.5. The van der Waals surface area contributed by atoms with E-state index in [0.717, 1.165) is 17.8 Å². The van der Waals surface area contributed by atoms with Crippen LogP contribution in [0.25, 0.3) is 0 Å². The minimum absolute atomic E-state index is 0.0494. The van der Waals surface area contributed by atoms with Crippen molar-refractivity contribution >= 4 is 10.0 Å². The molecular formula is C18H20F3N3O3S. The van der Waals surface area contributed by atoms with E-state index in [1.807, 2.05) is 19.1 Å². The predicted octanol–water partition coefficient (Wildman–Crippen LogP) is 3.18. The van der Waals surface area contributed by atoms with Gasteiger partial charge in [-0.1, -0.05) is 29.8 Å². The maximum atomic E-state index is 12.8. The summed E-state index contributed by atoms with van der Waals surface area (Å²) in [6.07, 6.45) is -3.19. The van der Waals surface area contributed by atoms with E-state index in [0.29, 0.717) is 24.9 Å². The number of nitrogens with zero attached hydrogens (tertiary/aromatic N) is 3. The highest BCUT2D eigenvalue weighted by Crippen LogP contribution is 2.28. The normalized spacial score (nSPS) is 18.8. The topological polar surface area (TPSA) is 72.4 Å². The van der Waals surface area contributed by atoms with Crippen molar-refractivity contribution in [2.24, 2.45) is 0 Å². The number of halogens is 3. The Morgan fingerprint density at radius 3 is 2.61 bits per heavy atom. The molecular weight excluding hydrogens is 395 g/mol. The second-order valence-corrected chi connectivity index (χ2v) is 8.67. The van der Waals surface area contributed by atoms with Crippen LogP contribution in [0.2, 0.25) is 0 Å². The third-order valence-electron chi connectivity index (χ3n) is 4.40. The molecule has 0 spiro atoms. The molecule has 152 valence electrons. The fourth-order valence-electron chi connectivity index (χ4n) is 2.94. The number of benzene rings is 1. The second-order valence-electron chi connectivity index (χ2n) is 6.70. The van der Waals surface area contributed by atoms with Crippen LogP contribution >= 0.6 is 0 Å². The van der Waals surface area contributed by atoms with Crippen LogP contribution in [-0.4, -0.2) is 41.9 Å². The molecule has 6 nitrogen and oxygen atoms in total. The minimum Gasteiger partial charge on any atom is -0.459 e. The van der Waals surface area contributed by atoms with Crippen molar-refractivity contribution in [3.63, 3.8) is 0 Å². The van der Waals surface area contributed by atoms with Gasteiger partial charge >= 0.3 is 12.2 Å². The lowest BCUT2D eigenvalue weighted by Gasteiger charge is -2.31. The summed E-state index contributed by atoms with van der Waals surface area (Å²) in [7, 11) is -3.57. The van der Waals surface area contributed by atoms with Gasteiger partial charge in [0.1, 0.15) is 6.10 Å². The molecule has 0 saturated carbocycles. The lowest BCUT2D eigenvalue weighted by Crippen LogP contribution is -2.44. The van der Waals surface area contributed by atoms with Gasteiger partial charge in [0.2, 0.25) is 10.0 Å². The fourth-order valence-corrected chi connectivity index (χ4v) is 4.54. The van der Waals surface area contributed by atoms with E-state index >= 15 is 0 Å². The SMILES string of the molecule is Cc1ccc(CS(=O)(=O)N2CCCC(Oc3nccc(C(F)(F)F)n3)C2)cc1. The highest BCUT2D eigenvalue weighted by atomic mass is 32.2. The molecule has 1 unspecified atom stereocenters. The summed E-state index contributed by atoms with van der Waals surface area (Å²) in [4.78, 5) is 7.08. The van der Waals surface area contributed by atoms with Gasteiger partial charge in [-0.25, -0.2) is 13.4 Å². The van der Waals surface area contributed by atoms with E-state index in [1.165, 1.54) is 4.31 Å². The predicted molar refractivity (Wildman–Crippen MR) is 96.1 cm³/mol. The van der Waals surface area contributed by atoms with Crippen LogP contribution in [0.5, 0.6) is 6.01 Å². The number of hydrogen-bond acceptors (Lipinski definition) is 5. The monoisotopic (exact) mass is 415 g/mol. The van der Waals surface area contributed by atoms with E-state index in [-0.39, 0.29) is 12.3 Å². The van der Waals surface area contributed by atoms with Crippen LogP contribution in [0.4, 0.5) is 13.2 Å². The number of sulfonamides is 1. The van der Waals surface area contributed by atoms with Gasteiger partial charge in [-0.3, -0.25) is 0 Å². The standard InChI is InChI=1S/C18H20F3N3O3S/c1-13-4-6-14(7-5-13)12-28(25,26)24-10-2-3-15(11-24)27-17-22-9-8-16(23-17)18(19,20)21/h4-9,15H,2-3,10-12H2,1H3. The largest absolute Gasteiger partial charge is 0.459 e. The van der Waals surface area contributed by atoms with Crippen molar-refractivity contribution in [3.8, 4) is 6.01 Å². The van der Waals surface area contributed by atoms with Gasteiger partial charge in [0.15, 0.2) is 5.69 Å². The van der Waals surface area contributed by atoms with E-state index in [2.05, 4.69) is 9.97 Å². The molecule has 3 rings (SSSR count). The summed E-state index contributed by atoms with van der Waals surface area (Å²) in [5, 5.41) is 0. The molecule has 10 heteroatoms. The number of piperidine rings is 1. The van der Waals surface area contributed by atoms with E-state index in [4.69, 9.17) is 4.74 Å². The summed E-state index contributed by atoms with van der Waals surface area (Å²) >= 11 is 0. The Bertz CT molecular complexity index is 918. The van der Waals surface area contributed by atoms with Crippen LogP contribution in [0.3, 0.4) is 0 Å². The molecule has 1 fully saturated rings. The molecule has 0 bridgehead atoms. The molecule has 1 aliphatic heterocycles. The Morgan fingerprint density at radius 1 is 1.21 bits per heavy atom. The van der Waals surface area contributed by atoms with Crippen LogP contribution in [-0.2, 0) is 22.0 Å². The first-order valence-electron chi connectivity index (χ1n) is 8.74. The average molecular weight is 415 g/mol. The Morgan fingerprint density at radius 2 is 1.93 bits per heavy atom. The zero-order valence-electron chi connectivity index (χ0n) is 15.2. The van der Waals surface area contributed by atoms with Crippen molar-refractivity contribution in [2.75, 3.05) is 13.1 Å². The summed E-state index contributed by atoms with van der Waals surface area (Å²) in [6, 6.07) is 7.57. The number of aromatic nitrogens is 2. The lowest BCUT2D eigenvalue weighted by molar-refractivity contribution is -0.141. The van der Waals surface area contributed by atoms with Crippen molar-refractivity contribution in [1.82, 2.24) is 14.3 Å². The zero-order chi connectivity index (χ0) is 20.4. The van der Waals surface area contributed by atoms with Gasteiger partial charge in [-0.15, -0.1) is 0 Å². The van der Waals surface area contributed by atoms with Gasteiger partial charge < -0.3 is 4.74 Å². The van der Waals surface area contributed by atoms with E-state index in [9.17, 15) is 21.6 Å². The molecule has 0 amide bonds. The maximum Gasteiger partial charge on any atom is 0.433 e. The molecule has 1 saturated heterocycles. The number of ether oxygens (including phenoxy) is 1. The Kier molecular flexibility index (Phi) is 5.90. The van der Waals surface area contributed by atoms with Gasteiger partial charge in [0.25, 0.3) is 0 Å². The quantitative estimate of drug-likeness (QED) is 0.750. The first-order chi connectivity index (χ1) is 13.1. The van der Waals surface area contributed by atoms with E-state index < -0.39 is 34.0 Å². The van der Waals surface area contributed by atoms with Gasteiger partial charge in [0, 0.05) is 12.7 Å². The fraction of sp³-hybridized carbons (Fsp3) is 0.444. The molecule has 1 aromatic carbocycles. The lowest BCUT2D eigenvalue weighted by atomic mass is 10.1. The average Bonchev–Trinajstić information content (AvgIpc) is 2.63. The van der Waals surface area contributed by atoms with Crippen LogP contribution in [0.1, 0.15) is 29.7 Å². The second kappa shape index (κ2) is 8.04. The van der Waals surface area contributed by atoms with Crippen LogP contribution < -0.4 is 4.74 Å². The molecule has 1 aromatic heterocycles. The van der Waals surface area contributed by atoms with Gasteiger partial charge in [0.05, 0.1) is 12.3 Å².